The molecular weight excluding hydrogens is 350 g/mol. The molecule has 27 heavy (non-hydrogen) atoms. The Morgan fingerprint density at radius 2 is 1.89 bits per heavy atom. The Kier molecular flexibility index (Phi) is 7.22. The largest absolute Gasteiger partial charge is 0.329 e. The Balaban J connectivity index is 1.71. The summed E-state index contributed by atoms with van der Waals surface area (Å²) < 4.78 is 0. The Morgan fingerprint density at radius 1 is 1.11 bits per heavy atom. The number of urea groups is 1. The molecular formula is C18H17N5O4. The number of carbonyl (C=O) groups excluding carboxylic acids is 2. The monoisotopic (exact) mass is 367 g/mol. The summed E-state index contributed by atoms with van der Waals surface area (Å²) in [6.45, 7) is -0.305. The van der Waals surface area contributed by atoms with E-state index in [1.54, 1.807) is 6.08 Å². The van der Waals surface area contributed by atoms with Crippen molar-refractivity contribution in [3.8, 4) is 0 Å². The maximum Gasteiger partial charge on any atom is 0.319 e. The molecule has 0 aliphatic rings. The van der Waals surface area contributed by atoms with Gasteiger partial charge in [-0.05, 0) is 17.7 Å². The van der Waals surface area contributed by atoms with E-state index in [0.717, 1.165) is 5.56 Å². The van der Waals surface area contributed by atoms with E-state index in [1.165, 1.54) is 30.5 Å². The average molecular weight is 367 g/mol. The highest BCUT2D eigenvalue weighted by atomic mass is 16.6. The number of allylic oxidation sites excluding steroid dienone is 1. The summed E-state index contributed by atoms with van der Waals surface area (Å²) in [7, 11) is 0. The molecule has 0 saturated carbocycles. The third kappa shape index (κ3) is 7.18. The summed E-state index contributed by atoms with van der Waals surface area (Å²) in [6.07, 6.45) is 4.90. The van der Waals surface area contributed by atoms with E-state index < -0.39 is 16.9 Å². The second kappa shape index (κ2) is 10.1. The van der Waals surface area contributed by atoms with Crippen LogP contribution in [0.25, 0.3) is 6.08 Å². The molecule has 3 amide bonds. The van der Waals surface area contributed by atoms with Gasteiger partial charge in [-0.1, -0.05) is 42.5 Å². The molecule has 0 heterocycles. The average Bonchev–Trinajstić information content (AvgIpc) is 2.67. The van der Waals surface area contributed by atoms with Crippen LogP contribution in [-0.2, 0) is 4.79 Å². The van der Waals surface area contributed by atoms with Gasteiger partial charge in [-0.25, -0.2) is 10.2 Å². The summed E-state index contributed by atoms with van der Waals surface area (Å²) in [6, 6.07) is 14.4. The second-order valence-electron chi connectivity index (χ2n) is 5.20. The first-order valence-electron chi connectivity index (χ1n) is 7.87. The highest BCUT2D eigenvalue weighted by molar-refractivity contribution is 5.92. The number of nitrogens with zero attached hydrogens (tertiary/aromatic N) is 2. The zero-order valence-corrected chi connectivity index (χ0v) is 14.2. The van der Waals surface area contributed by atoms with Crippen molar-refractivity contribution in [2.24, 2.45) is 5.10 Å². The van der Waals surface area contributed by atoms with Gasteiger partial charge in [0.2, 0.25) is 0 Å². The van der Waals surface area contributed by atoms with Crippen molar-refractivity contribution in [3.63, 3.8) is 0 Å². The molecule has 0 spiro atoms. The number of nitro benzene ring substituents is 1. The molecule has 0 radical (unpaired) electrons. The molecule has 0 aliphatic carbocycles. The fourth-order valence-electron chi connectivity index (χ4n) is 1.94. The van der Waals surface area contributed by atoms with Crippen molar-refractivity contribution in [1.82, 2.24) is 10.7 Å². The molecule has 9 heteroatoms. The SMILES string of the molecule is O=C(CNC(=O)Nc1cccc([N+](=O)[O-])c1)NN=CC=Cc1ccccc1. The van der Waals surface area contributed by atoms with E-state index in [4.69, 9.17) is 0 Å². The van der Waals surface area contributed by atoms with Crippen molar-refractivity contribution < 1.29 is 14.5 Å². The Morgan fingerprint density at radius 3 is 2.63 bits per heavy atom. The van der Waals surface area contributed by atoms with Crippen molar-refractivity contribution in [1.29, 1.82) is 0 Å². The van der Waals surface area contributed by atoms with Crippen molar-refractivity contribution in [2.45, 2.75) is 0 Å². The number of hydrogen-bond donors (Lipinski definition) is 3. The third-order valence-electron chi connectivity index (χ3n) is 3.16. The zero-order valence-electron chi connectivity index (χ0n) is 14.2. The summed E-state index contributed by atoms with van der Waals surface area (Å²) in [5.41, 5.74) is 3.35. The number of benzene rings is 2. The van der Waals surface area contributed by atoms with Crippen molar-refractivity contribution >= 4 is 35.6 Å². The van der Waals surface area contributed by atoms with Gasteiger partial charge in [0.05, 0.1) is 4.92 Å². The predicted molar refractivity (Wildman–Crippen MR) is 102 cm³/mol. The quantitative estimate of drug-likeness (QED) is 0.395. The van der Waals surface area contributed by atoms with Crippen LogP contribution in [0.15, 0.2) is 65.8 Å². The molecule has 2 aromatic rings. The number of nitro groups is 1. The molecule has 0 saturated heterocycles. The zero-order chi connectivity index (χ0) is 19.5. The highest BCUT2D eigenvalue weighted by Gasteiger charge is 2.08. The molecule has 0 fully saturated rings. The number of amides is 3. The van der Waals surface area contributed by atoms with Gasteiger partial charge in [-0.2, -0.15) is 5.10 Å². The molecule has 0 atom stereocenters. The van der Waals surface area contributed by atoms with Gasteiger partial charge >= 0.3 is 6.03 Å². The maximum absolute atomic E-state index is 11.7. The first-order chi connectivity index (χ1) is 13.0. The number of non-ortho nitro benzene ring substituents is 1. The van der Waals surface area contributed by atoms with Gasteiger partial charge in [0.1, 0.15) is 6.54 Å². The number of hydrazone groups is 1. The van der Waals surface area contributed by atoms with Crippen LogP contribution in [0.5, 0.6) is 0 Å². The lowest BCUT2D eigenvalue weighted by Gasteiger charge is -2.06. The lowest BCUT2D eigenvalue weighted by molar-refractivity contribution is -0.384. The van der Waals surface area contributed by atoms with Gasteiger partial charge < -0.3 is 10.6 Å². The summed E-state index contributed by atoms with van der Waals surface area (Å²) in [4.78, 5) is 33.4. The first-order valence-corrected chi connectivity index (χ1v) is 7.87. The van der Waals surface area contributed by atoms with Crippen LogP contribution >= 0.6 is 0 Å². The van der Waals surface area contributed by atoms with E-state index >= 15 is 0 Å². The number of nitrogens with one attached hydrogen (secondary N) is 3. The maximum atomic E-state index is 11.7. The number of anilines is 1. The topological polar surface area (TPSA) is 126 Å². The summed E-state index contributed by atoms with van der Waals surface area (Å²) in [5.74, 6) is -0.520. The van der Waals surface area contributed by atoms with E-state index in [0.29, 0.717) is 0 Å². The van der Waals surface area contributed by atoms with Gasteiger partial charge in [-0.3, -0.25) is 14.9 Å². The molecule has 0 unspecified atom stereocenters. The van der Waals surface area contributed by atoms with Crippen LogP contribution in [0.3, 0.4) is 0 Å². The van der Waals surface area contributed by atoms with Crippen LogP contribution in [0, 0.1) is 10.1 Å². The van der Waals surface area contributed by atoms with Crippen molar-refractivity contribution in [3.05, 3.63) is 76.4 Å². The van der Waals surface area contributed by atoms with Crippen molar-refractivity contribution in [2.75, 3.05) is 11.9 Å². The van der Waals surface area contributed by atoms with Gasteiger partial charge in [0.25, 0.3) is 11.6 Å². The number of carbonyl (C=O) groups is 2. The summed E-state index contributed by atoms with van der Waals surface area (Å²) >= 11 is 0. The Hall–Kier alpha value is -4.01. The van der Waals surface area contributed by atoms with E-state index in [1.807, 2.05) is 36.4 Å². The molecule has 2 aromatic carbocycles. The normalized spacial score (nSPS) is 10.7. The van der Waals surface area contributed by atoms with Gasteiger partial charge in [-0.15, -0.1) is 0 Å². The minimum atomic E-state index is -0.668. The standard InChI is InChI=1S/C18H17N5O4/c24-17(22-20-11-5-8-14-6-2-1-3-7-14)13-19-18(25)21-15-9-4-10-16(12-15)23(26)27/h1-12H,13H2,(H,22,24)(H2,19,21,25). The molecule has 0 bridgehead atoms. The second-order valence-corrected chi connectivity index (χ2v) is 5.20. The number of hydrogen-bond acceptors (Lipinski definition) is 5. The Labute approximate surface area is 154 Å². The van der Waals surface area contributed by atoms with E-state index in [-0.39, 0.29) is 17.9 Å². The molecule has 9 nitrogen and oxygen atoms in total. The highest BCUT2D eigenvalue weighted by Crippen LogP contribution is 2.16. The molecule has 3 N–H and O–H groups in total. The molecule has 0 aliphatic heterocycles. The lowest BCUT2D eigenvalue weighted by Crippen LogP contribution is -2.37. The van der Waals surface area contributed by atoms with Crippen LogP contribution in [0.2, 0.25) is 0 Å². The third-order valence-corrected chi connectivity index (χ3v) is 3.16. The van der Waals surface area contributed by atoms with Crippen LogP contribution in [0.1, 0.15) is 5.56 Å². The van der Waals surface area contributed by atoms with Crippen LogP contribution < -0.4 is 16.1 Å². The molecule has 138 valence electrons. The van der Waals surface area contributed by atoms with E-state index in [9.17, 15) is 19.7 Å². The fourth-order valence-corrected chi connectivity index (χ4v) is 1.94. The van der Waals surface area contributed by atoms with Gasteiger partial charge in [0.15, 0.2) is 0 Å². The van der Waals surface area contributed by atoms with Crippen LogP contribution in [0.4, 0.5) is 16.2 Å². The Bertz CT molecular complexity index is 865. The first kappa shape index (κ1) is 19.3. The van der Waals surface area contributed by atoms with E-state index in [2.05, 4.69) is 21.2 Å². The minimum absolute atomic E-state index is 0.150. The number of rotatable bonds is 7. The van der Waals surface area contributed by atoms with Gasteiger partial charge in [0, 0.05) is 24.0 Å². The molecule has 0 aromatic heterocycles. The van der Waals surface area contributed by atoms with Crippen LogP contribution in [-0.4, -0.2) is 29.6 Å². The smallest absolute Gasteiger partial charge is 0.319 e. The molecule has 2 rings (SSSR count). The lowest BCUT2D eigenvalue weighted by atomic mass is 10.2. The minimum Gasteiger partial charge on any atom is -0.329 e. The summed E-state index contributed by atoms with van der Waals surface area (Å²) in [5, 5.41) is 19.1. The fraction of sp³-hybridized carbons (Fsp3) is 0.0556. The predicted octanol–water partition coefficient (Wildman–Crippen LogP) is 2.53.